The molecule has 0 saturated heterocycles. The van der Waals surface area contributed by atoms with Crippen molar-refractivity contribution in [2.24, 2.45) is 0 Å². The smallest absolute Gasteiger partial charge is 0.170 e. The van der Waals surface area contributed by atoms with Crippen molar-refractivity contribution in [3.63, 3.8) is 0 Å². The monoisotopic (exact) mass is 448 g/mol. The largest absolute Gasteiger partial charge is 0.362 e. The third-order valence-electron chi connectivity index (χ3n) is 2.92. The number of halogens is 3. The lowest BCUT2D eigenvalue weighted by Crippen LogP contribution is -2.30. The van der Waals surface area contributed by atoms with Crippen LogP contribution in [0.1, 0.15) is 5.56 Å². The van der Waals surface area contributed by atoms with Gasteiger partial charge in [0, 0.05) is 38.3 Å². The van der Waals surface area contributed by atoms with E-state index >= 15 is 0 Å². The van der Waals surface area contributed by atoms with Gasteiger partial charge in [-0.3, -0.25) is 0 Å². The van der Waals surface area contributed by atoms with Gasteiger partial charge in [-0.15, -0.1) is 0 Å². The topological polar surface area (TPSA) is 24.1 Å². The van der Waals surface area contributed by atoms with Crippen molar-refractivity contribution in [2.45, 2.75) is 5.75 Å². The highest BCUT2D eigenvalue weighted by atomic mass is 79.9. The number of anilines is 1. The number of thiocarbonyl (C=S) groups is 1. The molecule has 2 aromatic carbocycles. The molecule has 2 N–H and O–H groups in total. The summed E-state index contributed by atoms with van der Waals surface area (Å²) in [5, 5.41) is 8.37. The molecule has 0 amide bonds. The van der Waals surface area contributed by atoms with Crippen LogP contribution in [0.3, 0.4) is 0 Å². The van der Waals surface area contributed by atoms with Gasteiger partial charge in [0.25, 0.3) is 0 Å². The number of rotatable bonds is 6. The second-order valence-corrected chi connectivity index (χ2v) is 7.89. The first-order chi connectivity index (χ1) is 11.1. The van der Waals surface area contributed by atoms with Gasteiger partial charge >= 0.3 is 0 Å². The zero-order valence-corrected chi connectivity index (χ0v) is 16.8. The van der Waals surface area contributed by atoms with E-state index in [4.69, 9.17) is 35.4 Å². The molecule has 0 radical (unpaired) electrons. The lowest BCUT2D eigenvalue weighted by molar-refractivity contribution is 0.990. The molecule has 0 aliphatic carbocycles. The van der Waals surface area contributed by atoms with Gasteiger partial charge in [0.2, 0.25) is 0 Å². The van der Waals surface area contributed by atoms with E-state index in [-0.39, 0.29) is 0 Å². The van der Waals surface area contributed by atoms with Gasteiger partial charge in [-0.25, -0.2) is 0 Å². The Kier molecular flexibility index (Phi) is 7.99. The highest BCUT2D eigenvalue weighted by molar-refractivity contribution is 9.10. The van der Waals surface area contributed by atoms with Gasteiger partial charge < -0.3 is 10.6 Å². The fourth-order valence-corrected chi connectivity index (χ4v) is 4.04. The van der Waals surface area contributed by atoms with Crippen LogP contribution in [-0.4, -0.2) is 17.4 Å². The Morgan fingerprint density at radius 3 is 2.52 bits per heavy atom. The Morgan fingerprint density at radius 1 is 1.13 bits per heavy atom. The average molecular weight is 450 g/mol. The Morgan fingerprint density at radius 2 is 1.83 bits per heavy atom. The normalized spacial score (nSPS) is 10.4. The molecular formula is C16H15BrCl2N2S2. The number of nitrogens with one attached hydrogen (secondary N) is 2. The zero-order chi connectivity index (χ0) is 16.7. The predicted molar refractivity (Wildman–Crippen MR) is 111 cm³/mol. The molecule has 2 aromatic rings. The lowest BCUT2D eigenvalue weighted by Gasteiger charge is -2.11. The van der Waals surface area contributed by atoms with Crippen molar-refractivity contribution in [1.29, 1.82) is 0 Å². The maximum atomic E-state index is 6.15. The molecular weight excluding hydrogens is 435 g/mol. The molecule has 0 fully saturated rings. The molecule has 0 atom stereocenters. The van der Waals surface area contributed by atoms with Gasteiger partial charge in [-0.1, -0.05) is 51.3 Å². The molecule has 122 valence electrons. The highest BCUT2D eigenvalue weighted by Gasteiger charge is 2.05. The maximum Gasteiger partial charge on any atom is 0.170 e. The molecule has 0 heterocycles. The molecule has 2 rings (SSSR count). The second-order valence-electron chi connectivity index (χ2n) is 4.64. The third kappa shape index (κ3) is 6.51. The van der Waals surface area contributed by atoms with Crippen molar-refractivity contribution >= 4 is 73.9 Å². The molecule has 0 aromatic heterocycles. The van der Waals surface area contributed by atoms with E-state index in [0.29, 0.717) is 15.2 Å². The van der Waals surface area contributed by atoms with Crippen molar-refractivity contribution in [1.82, 2.24) is 5.32 Å². The minimum atomic E-state index is 0.611. The molecule has 0 aliphatic rings. The summed E-state index contributed by atoms with van der Waals surface area (Å²) in [4.78, 5) is 0. The quantitative estimate of drug-likeness (QED) is 0.418. The summed E-state index contributed by atoms with van der Waals surface area (Å²) in [6.07, 6.45) is 0. The van der Waals surface area contributed by atoms with Crippen LogP contribution in [0.2, 0.25) is 10.0 Å². The average Bonchev–Trinajstić information content (AvgIpc) is 2.49. The summed E-state index contributed by atoms with van der Waals surface area (Å²) in [5.41, 5.74) is 1.93. The molecule has 0 saturated carbocycles. The summed E-state index contributed by atoms with van der Waals surface area (Å²) in [6, 6.07) is 13.4. The predicted octanol–water partition coefficient (Wildman–Crippen LogP) is 5.98. The summed E-state index contributed by atoms with van der Waals surface area (Å²) in [7, 11) is 0. The minimum absolute atomic E-state index is 0.611. The lowest BCUT2D eigenvalue weighted by atomic mass is 10.2. The minimum Gasteiger partial charge on any atom is -0.362 e. The third-order valence-corrected chi connectivity index (χ3v) is 5.36. The Bertz CT molecular complexity index is 663. The first-order valence-electron chi connectivity index (χ1n) is 6.87. The van der Waals surface area contributed by atoms with Crippen molar-refractivity contribution in [3.8, 4) is 0 Å². The van der Waals surface area contributed by atoms with Crippen LogP contribution >= 0.6 is 63.1 Å². The van der Waals surface area contributed by atoms with E-state index in [2.05, 4.69) is 26.6 Å². The van der Waals surface area contributed by atoms with Gasteiger partial charge in [-0.2, -0.15) is 11.8 Å². The fourth-order valence-electron chi connectivity index (χ4n) is 1.82. The van der Waals surface area contributed by atoms with E-state index in [1.165, 1.54) is 0 Å². The standard InChI is InChI=1S/C16H15BrCl2N2S2/c17-11-3-1-4-12(9-11)21-16(22)20-7-8-23-10-13-14(18)5-2-6-15(13)19/h1-6,9H,7-8,10H2,(H2,20,21,22). The van der Waals surface area contributed by atoms with E-state index in [1.54, 1.807) is 11.8 Å². The van der Waals surface area contributed by atoms with Crippen LogP contribution in [0.4, 0.5) is 5.69 Å². The van der Waals surface area contributed by atoms with Crippen LogP contribution in [0, 0.1) is 0 Å². The molecule has 2 nitrogen and oxygen atoms in total. The first-order valence-corrected chi connectivity index (χ1v) is 9.98. The van der Waals surface area contributed by atoms with Crippen molar-refractivity contribution in [2.75, 3.05) is 17.6 Å². The Labute approximate surface area is 164 Å². The molecule has 0 unspecified atom stereocenters. The molecule has 0 aliphatic heterocycles. The fraction of sp³-hybridized carbons (Fsp3) is 0.188. The molecule has 0 spiro atoms. The van der Waals surface area contributed by atoms with Crippen LogP contribution in [0.15, 0.2) is 46.9 Å². The Balaban J connectivity index is 1.68. The summed E-state index contributed by atoms with van der Waals surface area (Å²) >= 11 is 22.8. The maximum absolute atomic E-state index is 6.15. The van der Waals surface area contributed by atoms with Gasteiger partial charge in [-0.05, 0) is 48.1 Å². The zero-order valence-electron chi connectivity index (χ0n) is 12.1. The number of thioether (sulfide) groups is 1. The molecule has 7 heteroatoms. The van der Waals surface area contributed by atoms with Crippen LogP contribution in [0.25, 0.3) is 0 Å². The van der Waals surface area contributed by atoms with E-state index in [9.17, 15) is 0 Å². The van der Waals surface area contributed by atoms with Gasteiger partial charge in [0.15, 0.2) is 5.11 Å². The van der Waals surface area contributed by atoms with E-state index in [1.807, 2.05) is 42.5 Å². The van der Waals surface area contributed by atoms with Crippen molar-refractivity contribution in [3.05, 3.63) is 62.5 Å². The summed E-state index contributed by atoms with van der Waals surface area (Å²) in [6.45, 7) is 0.770. The van der Waals surface area contributed by atoms with Crippen molar-refractivity contribution < 1.29 is 0 Å². The SMILES string of the molecule is S=C(NCCSCc1c(Cl)cccc1Cl)Nc1cccc(Br)c1. The van der Waals surface area contributed by atoms with E-state index in [0.717, 1.165) is 33.8 Å². The van der Waals surface area contributed by atoms with Crippen LogP contribution in [-0.2, 0) is 5.75 Å². The number of hydrogen-bond donors (Lipinski definition) is 2. The Hall–Kier alpha value is -0.460. The van der Waals surface area contributed by atoms with Gasteiger partial charge in [0.1, 0.15) is 0 Å². The van der Waals surface area contributed by atoms with Crippen LogP contribution in [0.5, 0.6) is 0 Å². The first kappa shape index (κ1) is 18.9. The van der Waals surface area contributed by atoms with Crippen LogP contribution < -0.4 is 10.6 Å². The number of hydrogen-bond acceptors (Lipinski definition) is 2. The van der Waals surface area contributed by atoms with E-state index < -0.39 is 0 Å². The summed E-state index contributed by atoms with van der Waals surface area (Å²) < 4.78 is 1.01. The molecule has 0 bridgehead atoms. The molecule has 23 heavy (non-hydrogen) atoms. The second kappa shape index (κ2) is 9.74. The number of benzene rings is 2. The summed E-state index contributed by atoms with van der Waals surface area (Å²) in [5.74, 6) is 1.69. The highest BCUT2D eigenvalue weighted by Crippen LogP contribution is 2.27. The van der Waals surface area contributed by atoms with Gasteiger partial charge in [0.05, 0.1) is 0 Å².